The van der Waals surface area contributed by atoms with Crippen LogP contribution in [-0.2, 0) is 16.0 Å². The van der Waals surface area contributed by atoms with Crippen molar-refractivity contribution in [3.8, 4) is 0 Å². The van der Waals surface area contributed by atoms with Crippen molar-refractivity contribution in [1.82, 2.24) is 24.8 Å². The number of carbonyl (C=O) groups excluding carboxylic acids is 2. The molecule has 0 bridgehead atoms. The van der Waals surface area contributed by atoms with Crippen molar-refractivity contribution in [2.24, 2.45) is 0 Å². The highest BCUT2D eigenvalue weighted by atomic mass is 16.2. The average molecular weight is 379 g/mol. The third-order valence-corrected chi connectivity index (χ3v) is 5.52. The van der Waals surface area contributed by atoms with Gasteiger partial charge in [0.2, 0.25) is 11.8 Å². The summed E-state index contributed by atoms with van der Waals surface area (Å²) in [5.74, 6) is -0.110. The minimum Gasteiger partial charge on any atom is -0.347 e. The Morgan fingerprint density at radius 2 is 1.89 bits per heavy atom. The predicted molar refractivity (Wildman–Crippen MR) is 107 cm³/mol. The first-order valence-electron chi connectivity index (χ1n) is 9.82. The van der Waals surface area contributed by atoms with Crippen LogP contribution < -0.4 is 5.32 Å². The summed E-state index contributed by atoms with van der Waals surface area (Å²) in [5.41, 5.74) is 4.69. The predicted octanol–water partition coefficient (Wildman–Crippen LogP) is 2.17. The second kappa shape index (κ2) is 7.58. The van der Waals surface area contributed by atoms with Crippen molar-refractivity contribution in [1.29, 1.82) is 0 Å². The van der Waals surface area contributed by atoms with E-state index >= 15 is 0 Å². The van der Waals surface area contributed by atoms with Crippen LogP contribution in [0.15, 0.2) is 24.3 Å². The lowest BCUT2D eigenvalue weighted by atomic mass is 10.1. The van der Waals surface area contributed by atoms with Crippen LogP contribution in [0.25, 0.3) is 16.6 Å². The zero-order valence-electron chi connectivity index (χ0n) is 16.4. The van der Waals surface area contributed by atoms with Crippen LogP contribution in [0.4, 0.5) is 0 Å². The van der Waals surface area contributed by atoms with Gasteiger partial charge in [0.15, 0.2) is 5.65 Å². The number of hydrogen-bond donors (Lipinski definition) is 1. The van der Waals surface area contributed by atoms with E-state index in [4.69, 9.17) is 4.98 Å². The summed E-state index contributed by atoms with van der Waals surface area (Å²) in [7, 11) is 0. The molecule has 2 aromatic heterocycles. The second-order valence-electron chi connectivity index (χ2n) is 7.38. The molecule has 0 unspecified atom stereocenters. The molecule has 4 rings (SSSR count). The number of carbonyl (C=O) groups is 2. The highest BCUT2D eigenvalue weighted by Crippen LogP contribution is 2.22. The van der Waals surface area contributed by atoms with Gasteiger partial charge in [-0.25, -0.2) is 9.50 Å². The van der Waals surface area contributed by atoms with Crippen LogP contribution >= 0.6 is 0 Å². The van der Waals surface area contributed by atoms with Gasteiger partial charge in [-0.2, -0.15) is 5.10 Å². The Labute approximate surface area is 163 Å². The minimum absolute atomic E-state index is 0.00419. The van der Waals surface area contributed by atoms with Crippen molar-refractivity contribution in [3.63, 3.8) is 0 Å². The Morgan fingerprint density at radius 1 is 1.14 bits per heavy atom. The molecule has 1 aliphatic rings. The fraction of sp³-hybridized carbons (Fsp3) is 0.429. The van der Waals surface area contributed by atoms with E-state index in [-0.39, 0.29) is 18.4 Å². The maximum Gasteiger partial charge on any atom is 0.241 e. The number of aromatic nitrogens is 3. The maximum absolute atomic E-state index is 12.2. The van der Waals surface area contributed by atoms with Crippen LogP contribution in [0.3, 0.4) is 0 Å². The number of amides is 2. The van der Waals surface area contributed by atoms with Gasteiger partial charge in [0.25, 0.3) is 0 Å². The molecule has 2 amide bonds. The van der Waals surface area contributed by atoms with Crippen molar-refractivity contribution in [3.05, 3.63) is 41.2 Å². The highest BCUT2D eigenvalue weighted by molar-refractivity contribution is 5.92. The van der Waals surface area contributed by atoms with Gasteiger partial charge in [0, 0.05) is 36.3 Å². The van der Waals surface area contributed by atoms with E-state index in [1.807, 2.05) is 47.5 Å². The molecule has 1 saturated heterocycles. The summed E-state index contributed by atoms with van der Waals surface area (Å²) in [4.78, 5) is 30.8. The molecule has 28 heavy (non-hydrogen) atoms. The zero-order valence-corrected chi connectivity index (χ0v) is 16.4. The van der Waals surface area contributed by atoms with E-state index in [1.165, 1.54) is 0 Å². The highest BCUT2D eigenvalue weighted by Gasteiger charge is 2.19. The summed E-state index contributed by atoms with van der Waals surface area (Å²) in [6, 6.07) is 7.95. The molecular formula is C21H25N5O2. The summed E-state index contributed by atoms with van der Waals surface area (Å²) < 4.78 is 1.86. The van der Waals surface area contributed by atoms with Crippen LogP contribution in [0.1, 0.15) is 36.2 Å². The molecule has 1 N–H and O–H groups in total. The number of fused-ring (bicyclic) bond motifs is 3. The number of nitrogens with zero attached hydrogens (tertiary/aromatic N) is 4. The lowest BCUT2D eigenvalue weighted by Gasteiger charge is -2.15. The number of likely N-dealkylation sites (tertiary alicyclic amines) is 1. The lowest BCUT2D eigenvalue weighted by Crippen LogP contribution is -2.38. The fourth-order valence-electron chi connectivity index (χ4n) is 3.92. The van der Waals surface area contributed by atoms with Gasteiger partial charge in [0.1, 0.15) is 0 Å². The summed E-state index contributed by atoms with van der Waals surface area (Å²) in [6.45, 7) is 5.67. The molecule has 7 nitrogen and oxygen atoms in total. The smallest absolute Gasteiger partial charge is 0.241 e. The molecule has 1 fully saturated rings. The summed E-state index contributed by atoms with van der Waals surface area (Å²) >= 11 is 0. The Balaban J connectivity index is 1.45. The van der Waals surface area contributed by atoms with Gasteiger partial charge < -0.3 is 10.2 Å². The summed E-state index contributed by atoms with van der Waals surface area (Å²) in [6.07, 6.45) is 3.00. The average Bonchev–Trinajstić information content (AvgIpc) is 3.34. The van der Waals surface area contributed by atoms with Crippen molar-refractivity contribution in [2.45, 2.75) is 39.5 Å². The third-order valence-electron chi connectivity index (χ3n) is 5.52. The lowest BCUT2D eigenvalue weighted by molar-refractivity contribution is -0.132. The van der Waals surface area contributed by atoms with Crippen LogP contribution in [-0.4, -0.2) is 50.9 Å². The van der Waals surface area contributed by atoms with E-state index in [0.29, 0.717) is 12.8 Å². The first kappa shape index (κ1) is 18.4. The second-order valence-corrected chi connectivity index (χ2v) is 7.38. The van der Waals surface area contributed by atoms with E-state index in [9.17, 15) is 9.59 Å². The monoisotopic (exact) mass is 379 g/mol. The van der Waals surface area contributed by atoms with Crippen molar-refractivity contribution < 1.29 is 9.59 Å². The first-order valence-corrected chi connectivity index (χ1v) is 9.82. The minimum atomic E-state index is -0.114. The van der Waals surface area contributed by atoms with Gasteiger partial charge in [-0.1, -0.05) is 12.1 Å². The van der Waals surface area contributed by atoms with Crippen molar-refractivity contribution >= 4 is 28.4 Å². The van der Waals surface area contributed by atoms with Gasteiger partial charge in [-0.15, -0.1) is 0 Å². The Hall–Kier alpha value is -2.96. The molecule has 3 aromatic rings. The number of aryl methyl sites for hydroxylation is 2. The zero-order chi connectivity index (χ0) is 19.7. The van der Waals surface area contributed by atoms with E-state index in [2.05, 4.69) is 10.4 Å². The molecule has 0 saturated carbocycles. The number of nitrogens with one attached hydrogen (secondary N) is 1. The maximum atomic E-state index is 12.2. The molecule has 146 valence electrons. The van der Waals surface area contributed by atoms with Gasteiger partial charge in [0.05, 0.1) is 12.1 Å². The molecule has 1 aromatic carbocycles. The molecule has 0 spiro atoms. The molecular weight excluding hydrogens is 354 g/mol. The quantitative estimate of drug-likeness (QED) is 0.737. The van der Waals surface area contributed by atoms with Crippen LogP contribution in [0.2, 0.25) is 0 Å². The normalized spacial score (nSPS) is 14.1. The van der Waals surface area contributed by atoms with Gasteiger partial charge in [-0.3, -0.25) is 9.59 Å². The van der Waals surface area contributed by atoms with E-state index in [1.54, 1.807) is 0 Å². The number of benzene rings is 1. The van der Waals surface area contributed by atoms with E-state index in [0.717, 1.165) is 59.4 Å². The molecule has 3 heterocycles. The topological polar surface area (TPSA) is 79.6 Å². The number of hydrogen-bond acceptors (Lipinski definition) is 4. The Kier molecular flexibility index (Phi) is 4.98. The first-order chi connectivity index (χ1) is 13.5. The Bertz CT molecular complexity index is 1050. The number of rotatable bonds is 5. The molecule has 0 atom stereocenters. The van der Waals surface area contributed by atoms with Crippen LogP contribution in [0.5, 0.6) is 0 Å². The van der Waals surface area contributed by atoms with Gasteiger partial charge >= 0.3 is 0 Å². The fourth-order valence-corrected chi connectivity index (χ4v) is 3.92. The molecule has 0 aliphatic carbocycles. The van der Waals surface area contributed by atoms with Gasteiger partial charge in [-0.05, 0) is 50.8 Å². The molecule has 7 heteroatoms. The SMILES string of the molecule is Cc1nc2c3ccccc3nn2c(C)c1CCC(=O)NCC(=O)N1CCCC1. The molecule has 0 radical (unpaired) electrons. The molecule has 1 aliphatic heterocycles. The largest absolute Gasteiger partial charge is 0.347 e. The van der Waals surface area contributed by atoms with Crippen LogP contribution in [0, 0.1) is 13.8 Å². The Morgan fingerprint density at radius 3 is 2.68 bits per heavy atom. The third kappa shape index (κ3) is 3.44. The standard InChI is InChI=1S/C21H25N5O2/c1-14-16(9-10-19(27)22-13-20(28)25-11-5-6-12-25)15(2)26-21(23-14)17-7-3-4-8-18(17)24-26/h3-4,7-8H,5-6,9-13H2,1-2H3,(H,22,27). The summed E-state index contributed by atoms with van der Waals surface area (Å²) in [5, 5.41) is 8.43. The van der Waals surface area contributed by atoms with E-state index < -0.39 is 0 Å². The van der Waals surface area contributed by atoms with Crippen molar-refractivity contribution in [2.75, 3.05) is 19.6 Å².